The highest BCUT2D eigenvalue weighted by Crippen LogP contribution is 2.29. The molecule has 2 N–H and O–H groups in total. The van der Waals surface area contributed by atoms with Gasteiger partial charge in [-0.3, -0.25) is 9.78 Å². The first-order valence-corrected chi connectivity index (χ1v) is 12.1. The summed E-state index contributed by atoms with van der Waals surface area (Å²) in [4.78, 5) is 25.8. The van der Waals surface area contributed by atoms with Gasteiger partial charge in [-0.25, -0.2) is 14.4 Å². The van der Waals surface area contributed by atoms with E-state index in [9.17, 15) is 9.18 Å². The third kappa shape index (κ3) is 10.6. The molecule has 2 aromatic rings. The lowest BCUT2D eigenvalue weighted by molar-refractivity contribution is 0.112. The van der Waals surface area contributed by atoms with E-state index in [4.69, 9.17) is 16.3 Å². The SMILES string of the molecule is C=C/C=C(F)\C(=C/CCl)c1ncc(OC)c(Nc2ccncc2C=O)n1.CCCN(C)CCCNC. The van der Waals surface area contributed by atoms with Gasteiger partial charge in [0, 0.05) is 18.3 Å². The summed E-state index contributed by atoms with van der Waals surface area (Å²) >= 11 is 5.72. The molecule has 2 rings (SSSR count). The maximum absolute atomic E-state index is 14.3. The Labute approximate surface area is 218 Å². The summed E-state index contributed by atoms with van der Waals surface area (Å²) in [5.74, 6) is 0.186. The fourth-order valence-electron chi connectivity index (χ4n) is 3.07. The molecule has 196 valence electrons. The van der Waals surface area contributed by atoms with Crippen LogP contribution < -0.4 is 15.4 Å². The molecule has 0 bridgehead atoms. The molecule has 2 heterocycles. The van der Waals surface area contributed by atoms with Gasteiger partial charge in [-0.1, -0.05) is 25.7 Å². The smallest absolute Gasteiger partial charge is 0.179 e. The highest BCUT2D eigenvalue weighted by Gasteiger charge is 2.15. The number of ether oxygens (including phenoxy) is 1. The molecule has 0 amide bonds. The zero-order valence-electron chi connectivity index (χ0n) is 21.4. The second-order valence-corrected chi connectivity index (χ2v) is 7.91. The first kappa shape index (κ1) is 30.9. The molecule has 8 nitrogen and oxygen atoms in total. The monoisotopic (exact) mass is 518 g/mol. The van der Waals surface area contributed by atoms with E-state index >= 15 is 0 Å². The number of rotatable bonds is 14. The lowest BCUT2D eigenvalue weighted by Crippen LogP contribution is -2.23. The van der Waals surface area contributed by atoms with Gasteiger partial charge in [0.2, 0.25) is 0 Å². The van der Waals surface area contributed by atoms with Crippen molar-refractivity contribution >= 4 is 35.0 Å². The number of nitrogens with zero attached hydrogens (tertiary/aromatic N) is 4. The van der Waals surface area contributed by atoms with Crippen molar-refractivity contribution in [3.05, 3.63) is 66.7 Å². The molecule has 0 saturated carbocycles. The van der Waals surface area contributed by atoms with Gasteiger partial charge in [-0.2, -0.15) is 0 Å². The van der Waals surface area contributed by atoms with Crippen LogP contribution in [-0.2, 0) is 0 Å². The van der Waals surface area contributed by atoms with Crippen LogP contribution in [0.25, 0.3) is 5.57 Å². The number of carbonyl (C=O) groups excluding carboxylic acids is 1. The molecule has 0 aliphatic rings. The maximum Gasteiger partial charge on any atom is 0.179 e. The predicted molar refractivity (Wildman–Crippen MR) is 146 cm³/mol. The summed E-state index contributed by atoms with van der Waals surface area (Å²) in [7, 11) is 5.63. The summed E-state index contributed by atoms with van der Waals surface area (Å²) in [6, 6.07) is 1.61. The molecular formula is C26H36ClFN6O2. The van der Waals surface area contributed by atoms with E-state index in [0.29, 0.717) is 23.3 Å². The lowest BCUT2D eigenvalue weighted by Gasteiger charge is -2.14. The minimum Gasteiger partial charge on any atom is -0.491 e. The van der Waals surface area contributed by atoms with Crippen LogP contribution in [0.3, 0.4) is 0 Å². The van der Waals surface area contributed by atoms with Crippen molar-refractivity contribution in [1.29, 1.82) is 0 Å². The summed E-state index contributed by atoms with van der Waals surface area (Å²) in [6.45, 7) is 9.26. The van der Waals surface area contributed by atoms with E-state index in [1.54, 1.807) is 6.07 Å². The minimum atomic E-state index is -0.575. The number of anilines is 2. The van der Waals surface area contributed by atoms with Crippen molar-refractivity contribution in [2.45, 2.75) is 19.8 Å². The molecule has 0 radical (unpaired) electrons. The average molecular weight is 519 g/mol. The van der Waals surface area contributed by atoms with Gasteiger partial charge in [0.25, 0.3) is 0 Å². The van der Waals surface area contributed by atoms with Crippen LogP contribution in [0.5, 0.6) is 5.75 Å². The van der Waals surface area contributed by atoms with Crippen molar-refractivity contribution < 1.29 is 13.9 Å². The Morgan fingerprint density at radius 2 is 2.11 bits per heavy atom. The summed E-state index contributed by atoms with van der Waals surface area (Å²) < 4.78 is 19.5. The molecule has 0 aromatic carbocycles. The topological polar surface area (TPSA) is 92.3 Å². The highest BCUT2D eigenvalue weighted by molar-refractivity contribution is 6.19. The molecule has 0 spiro atoms. The van der Waals surface area contributed by atoms with Gasteiger partial charge in [0.05, 0.1) is 30.1 Å². The number of carbonyl (C=O) groups is 1. The van der Waals surface area contributed by atoms with Crippen molar-refractivity contribution in [2.75, 3.05) is 52.0 Å². The number of allylic oxidation sites excluding steroid dienone is 5. The van der Waals surface area contributed by atoms with Crippen LogP contribution in [0, 0.1) is 0 Å². The third-order valence-electron chi connectivity index (χ3n) is 4.82. The van der Waals surface area contributed by atoms with Crippen molar-refractivity contribution in [3.63, 3.8) is 0 Å². The lowest BCUT2D eigenvalue weighted by atomic mass is 10.2. The fourth-order valence-corrected chi connectivity index (χ4v) is 3.22. The zero-order valence-corrected chi connectivity index (χ0v) is 22.2. The van der Waals surface area contributed by atoms with Crippen LogP contribution in [0.15, 0.2) is 55.3 Å². The predicted octanol–water partition coefficient (Wildman–Crippen LogP) is 5.04. The van der Waals surface area contributed by atoms with Crippen LogP contribution >= 0.6 is 11.6 Å². The summed E-state index contributed by atoms with van der Waals surface area (Å²) in [6.07, 6.45) is 11.5. The Bertz CT molecular complexity index is 1020. The van der Waals surface area contributed by atoms with Gasteiger partial charge < -0.3 is 20.3 Å². The molecule has 2 aromatic heterocycles. The Morgan fingerprint density at radius 3 is 2.72 bits per heavy atom. The Balaban J connectivity index is 0.000000548. The number of halogens is 2. The van der Waals surface area contributed by atoms with Crippen LogP contribution in [0.1, 0.15) is 35.9 Å². The largest absolute Gasteiger partial charge is 0.491 e. The molecule has 0 atom stereocenters. The first-order chi connectivity index (χ1) is 17.4. The van der Waals surface area contributed by atoms with Gasteiger partial charge in [0.1, 0.15) is 5.83 Å². The second-order valence-electron chi connectivity index (χ2n) is 7.60. The molecule has 0 aliphatic heterocycles. The first-order valence-electron chi connectivity index (χ1n) is 11.6. The zero-order chi connectivity index (χ0) is 26.8. The van der Waals surface area contributed by atoms with E-state index in [1.165, 1.54) is 69.9 Å². The van der Waals surface area contributed by atoms with Crippen LogP contribution in [0.4, 0.5) is 15.9 Å². The van der Waals surface area contributed by atoms with Crippen molar-refractivity contribution in [2.24, 2.45) is 0 Å². The Morgan fingerprint density at radius 1 is 1.33 bits per heavy atom. The number of alkyl halides is 1. The number of aromatic nitrogens is 3. The quantitative estimate of drug-likeness (QED) is 0.156. The summed E-state index contributed by atoms with van der Waals surface area (Å²) in [5, 5.41) is 6.12. The Kier molecular flexibility index (Phi) is 15.6. The molecule has 36 heavy (non-hydrogen) atoms. The highest BCUT2D eigenvalue weighted by atomic mass is 35.5. The van der Waals surface area contributed by atoms with E-state index in [0.717, 1.165) is 6.54 Å². The maximum atomic E-state index is 14.3. The van der Waals surface area contributed by atoms with E-state index < -0.39 is 5.83 Å². The van der Waals surface area contributed by atoms with E-state index in [2.05, 4.69) is 51.0 Å². The van der Waals surface area contributed by atoms with Gasteiger partial charge >= 0.3 is 0 Å². The number of nitrogens with one attached hydrogen (secondary N) is 2. The van der Waals surface area contributed by atoms with Gasteiger partial charge in [-0.15, -0.1) is 11.6 Å². The fraction of sp³-hybridized carbons (Fsp3) is 0.385. The number of aldehydes is 1. The molecular weight excluding hydrogens is 483 g/mol. The van der Waals surface area contributed by atoms with Crippen molar-refractivity contribution in [3.8, 4) is 5.75 Å². The van der Waals surface area contributed by atoms with E-state index in [1.807, 2.05) is 7.05 Å². The third-order valence-corrected chi connectivity index (χ3v) is 4.98. The van der Waals surface area contributed by atoms with Gasteiger partial charge in [0.15, 0.2) is 23.7 Å². The molecule has 0 saturated heterocycles. The normalized spacial score (nSPS) is 11.5. The number of hydrogen-bond acceptors (Lipinski definition) is 8. The number of methoxy groups -OCH3 is 1. The van der Waals surface area contributed by atoms with Crippen LogP contribution in [-0.4, -0.2) is 72.9 Å². The number of pyridine rings is 1. The molecule has 0 unspecified atom stereocenters. The second kappa shape index (κ2) is 18.2. The van der Waals surface area contributed by atoms with Crippen LogP contribution in [0.2, 0.25) is 0 Å². The minimum absolute atomic E-state index is 0.0749. The Hall–Kier alpha value is -3.14. The standard InChI is InChI=1S/C18H16ClFN4O2.C8H20N2/c1-3-4-14(20)13(5-7-19)17-22-10-16(26-2)18(24-17)23-15-6-8-21-9-12(15)11-25;1-4-7-10(3)8-5-6-9-2/h3-6,8-11H,1,7H2,2H3,(H,21,22,23,24);9H,4-8H2,1-3H3/b13-5+,14-4+;. The molecule has 10 heteroatoms. The average Bonchev–Trinajstić information content (AvgIpc) is 2.88. The van der Waals surface area contributed by atoms with Crippen molar-refractivity contribution in [1.82, 2.24) is 25.2 Å². The summed E-state index contributed by atoms with van der Waals surface area (Å²) in [5.41, 5.74) is 0.933. The molecule has 0 fully saturated rings. The number of hydrogen-bond donors (Lipinski definition) is 2. The molecule has 0 aliphatic carbocycles. The van der Waals surface area contributed by atoms with Gasteiger partial charge in [-0.05, 0) is 58.7 Å². The van der Waals surface area contributed by atoms with E-state index in [-0.39, 0.29) is 23.1 Å².